The van der Waals surface area contributed by atoms with Gasteiger partial charge in [-0.15, -0.1) is 5.10 Å². The van der Waals surface area contributed by atoms with Gasteiger partial charge in [0.1, 0.15) is 5.82 Å². The topological polar surface area (TPSA) is 77.0 Å². The molecule has 0 aromatic carbocycles. The lowest BCUT2D eigenvalue weighted by Gasteiger charge is -2.03. The molecule has 6 nitrogen and oxygen atoms in total. The van der Waals surface area contributed by atoms with Crippen LogP contribution in [0.4, 0.5) is 5.82 Å². The molecule has 0 aliphatic heterocycles. The molecule has 0 atom stereocenters. The number of anilines is 1. The van der Waals surface area contributed by atoms with Gasteiger partial charge in [-0.05, 0) is 37.3 Å². The van der Waals surface area contributed by atoms with Gasteiger partial charge in [0.2, 0.25) is 5.91 Å². The first-order valence-corrected chi connectivity index (χ1v) is 8.25. The van der Waals surface area contributed by atoms with E-state index in [4.69, 9.17) is 16.3 Å². The van der Waals surface area contributed by atoms with E-state index >= 15 is 0 Å². The van der Waals surface area contributed by atoms with Gasteiger partial charge in [0.25, 0.3) is 5.19 Å². The summed E-state index contributed by atoms with van der Waals surface area (Å²) >= 11 is 8.34. The van der Waals surface area contributed by atoms with Crippen molar-refractivity contribution in [2.75, 3.05) is 11.1 Å². The summed E-state index contributed by atoms with van der Waals surface area (Å²) in [5.74, 6) is 0.517. The SMILES string of the molecule is CC(C)Oc1nnc(SCC(=O)Nc2ccc(Cl)cn2)s1. The summed E-state index contributed by atoms with van der Waals surface area (Å²) in [5, 5.41) is 11.6. The molecule has 2 heterocycles. The monoisotopic (exact) mass is 344 g/mol. The van der Waals surface area contributed by atoms with Crippen LogP contribution in [0, 0.1) is 0 Å². The summed E-state index contributed by atoms with van der Waals surface area (Å²) < 4.78 is 6.10. The van der Waals surface area contributed by atoms with Gasteiger partial charge in [-0.1, -0.05) is 28.5 Å². The molecule has 0 spiro atoms. The highest BCUT2D eigenvalue weighted by molar-refractivity contribution is 8.01. The van der Waals surface area contributed by atoms with Crippen LogP contribution in [-0.4, -0.2) is 32.9 Å². The van der Waals surface area contributed by atoms with E-state index in [1.54, 1.807) is 12.1 Å². The Hall–Kier alpha value is -1.38. The van der Waals surface area contributed by atoms with E-state index in [2.05, 4.69) is 20.5 Å². The van der Waals surface area contributed by atoms with Gasteiger partial charge in [-0.25, -0.2) is 4.98 Å². The van der Waals surface area contributed by atoms with Crippen LogP contribution in [-0.2, 0) is 4.79 Å². The van der Waals surface area contributed by atoms with Crippen LogP contribution in [0.1, 0.15) is 13.8 Å². The second-order valence-electron chi connectivity index (χ2n) is 4.20. The van der Waals surface area contributed by atoms with E-state index in [9.17, 15) is 4.79 Å². The number of carbonyl (C=O) groups is 1. The molecule has 0 aliphatic rings. The molecule has 2 rings (SSSR count). The van der Waals surface area contributed by atoms with Crippen molar-refractivity contribution >= 4 is 46.4 Å². The Balaban J connectivity index is 1.81. The summed E-state index contributed by atoms with van der Waals surface area (Å²) in [6.07, 6.45) is 1.53. The molecule has 0 fully saturated rings. The van der Waals surface area contributed by atoms with Gasteiger partial charge in [0.05, 0.1) is 16.9 Å². The molecule has 0 radical (unpaired) electrons. The average molecular weight is 345 g/mol. The van der Waals surface area contributed by atoms with Crippen LogP contribution in [0.3, 0.4) is 0 Å². The number of halogens is 1. The van der Waals surface area contributed by atoms with Gasteiger partial charge in [-0.2, -0.15) is 0 Å². The highest BCUT2D eigenvalue weighted by Crippen LogP contribution is 2.27. The summed E-state index contributed by atoms with van der Waals surface area (Å²) in [6.45, 7) is 3.83. The minimum Gasteiger partial charge on any atom is -0.466 e. The second kappa shape index (κ2) is 7.58. The number of thioether (sulfide) groups is 1. The quantitative estimate of drug-likeness (QED) is 0.811. The number of hydrogen-bond acceptors (Lipinski definition) is 7. The number of ether oxygens (including phenoxy) is 1. The number of nitrogens with one attached hydrogen (secondary N) is 1. The third-order valence-electron chi connectivity index (χ3n) is 2.05. The summed E-state index contributed by atoms with van der Waals surface area (Å²) in [7, 11) is 0. The van der Waals surface area contributed by atoms with Crippen molar-refractivity contribution in [3.8, 4) is 5.19 Å². The number of rotatable bonds is 6. The molecule has 1 N–H and O–H groups in total. The number of pyridine rings is 1. The summed E-state index contributed by atoms with van der Waals surface area (Å²) in [6, 6.07) is 3.31. The van der Waals surface area contributed by atoms with Gasteiger partial charge >= 0.3 is 0 Å². The van der Waals surface area contributed by atoms with Crippen molar-refractivity contribution in [2.45, 2.75) is 24.3 Å². The summed E-state index contributed by atoms with van der Waals surface area (Å²) in [4.78, 5) is 15.8. The van der Waals surface area contributed by atoms with Crippen LogP contribution < -0.4 is 10.1 Å². The third kappa shape index (κ3) is 5.49. The molecule has 1 amide bonds. The van der Waals surface area contributed by atoms with E-state index in [0.29, 0.717) is 20.4 Å². The van der Waals surface area contributed by atoms with Crippen LogP contribution in [0.15, 0.2) is 22.7 Å². The van der Waals surface area contributed by atoms with Crippen molar-refractivity contribution in [1.82, 2.24) is 15.2 Å². The first-order valence-electron chi connectivity index (χ1n) is 6.07. The highest BCUT2D eigenvalue weighted by atomic mass is 35.5. The van der Waals surface area contributed by atoms with E-state index in [1.807, 2.05) is 13.8 Å². The molecule has 0 saturated heterocycles. The molecule has 9 heteroatoms. The molecule has 112 valence electrons. The van der Waals surface area contributed by atoms with E-state index < -0.39 is 0 Å². The lowest BCUT2D eigenvalue weighted by atomic mass is 10.4. The maximum atomic E-state index is 11.8. The van der Waals surface area contributed by atoms with Crippen LogP contribution in [0.5, 0.6) is 5.19 Å². The van der Waals surface area contributed by atoms with Gasteiger partial charge in [-0.3, -0.25) is 4.79 Å². The molecule has 21 heavy (non-hydrogen) atoms. The number of aromatic nitrogens is 3. The molecule has 0 bridgehead atoms. The number of nitrogens with zero attached hydrogens (tertiary/aromatic N) is 3. The Labute approximate surface area is 135 Å². The zero-order chi connectivity index (χ0) is 15.2. The third-order valence-corrected chi connectivity index (χ3v) is 4.22. The maximum Gasteiger partial charge on any atom is 0.295 e. The van der Waals surface area contributed by atoms with Crippen molar-refractivity contribution in [3.63, 3.8) is 0 Å². The Kier molecular flexibility index (Phi) is 5.77. The smallest absolute Gasteiger partial charge is 0.295 e. The van der Waals surface area contributed by atoms with Gasteiger partial charge < -0.3 is 10.1 Å². The van der Waals surface area contributed by atoms with Crippen molar-refractivity contribution < 1.29 is 9.53 Å². The molecule has 2 aromatic rings. The van der Waals surface area contributed by atoms with Crippen molar-refractivity contribution in [3.05, 3.63) is 23.4 Å². The van der Waals surface area contributed by atoms with Crippen LogP contribution in [0.2, 0.25) is 5.02 Å². The fraction of sp³-hybridized carbons (Fsp3) is 0.333. The van der Waals surface area contributed by atoms with E-state index in [-0.39, 0.29) is 17.8 Å². The standard InChI is InChI=1S/C12H13ClN4O2S2/c1-7(2)19-11-16-17-12(21-11)20-6-10(18)15-9-4-3-8(13)5-14-9/h3-5,7H,6H2,1-2H3,(H,14,15,18). The van der Waals surface area contributed by atoms with Gasteiger partial charge in [0.15, 0.2) is 4.34 Å². The Morgan fingerprint density at radius 3 is 2.95 bits per heavy atom. The zero-order valence-corrected chi connectivity index (χ0v) is 13.8. The predicted molar refractivity (Wildman–Crippen MR) is 84.3 cm³/mol. The Bertz CT molecular complexity index is 604. The molecule has 2 aromatic heterocycles. The molecular weight excluding hydrogens is 332 g/mol. The lowest BCUT2D eigenvalue weighted by Crippen LogP contribution is -2.14. The predicted octanol–water partition coefficient (Wildman–Crippen LogP) is 3.10. The normalized spacial score (nSPS) is 10.7. The number of amides is 1. The Morgan fingerprint density at radius 1 is 1.48 bits per heavy atom. The lowest BCUT2D eigenvalue weighted by molar-refractivity contribution is -0.113. The fourth-order valence-electron chi connectivity index (χ4n) is 1.26. The zero-order valence-electron chi connectivity index (χ0n) is 11.4. The fourth-order valence-corrected chi connectivity index (χ4v) is 2.98. The average Bonchev–Trinajstić information content (AvgIpc) is 2.86. The summed E-state index contributed by atoms with van der Waals surface area (Å²) in [5.41, 5.74) is 0. The molecule has 0 aliphatic carbocycles. The first-order chi connectivity index (χ1) is 10.0. The molecule has 0 saturated carbocycles. The Morgan fingerprint density at radius 2 is 2.29 bits per heavy atom. The minimum absolute atomic E-state index is 0.0510. The van der Waals surface area contributed by atoms with Gasteiger partial charge in [0, 0.05) is 6.20 Å². The molecule has 0 unspecified atom stereocenters. The number of carbonyl (C=O) groups excluding carboxylic acids is 1. The van der Waals surface area contributed by atoms with E-state index in [0.717, 1.165) is 0 Å². The molecular formula is C12H13ClN4O2S2. The number of hydrogen-bond donors (Lipinski definition) is 1. The minimum atomic E-state index is -0.170. The highest BCUT2D eigenvalue weighted by Gasteiger charge is 2.10. The maximum absolute atomic E-state index is 11.8. The first kappa shape index (κ1) is 16.0. The van der Waals surface area contributed by atoms with Crippen molar-refractivity contribution in [2.24, 2.45) is 0 Å². The van der Waals surface area contributed by atoms with E-state index in [1.165, 1.54) is 29.3 Å². The second-order valence-corrected chi connectivity index (χ2v) is 6.80. The van der Waals surface area contributed by atoms with Crippen LogP contribution >= 0.6 is 34.7 Å². The largest absolute Gasteiger partial charge is 0.466 e. The van der Waals surface area contributed by atoms with Crippen LogP contribution in [0.25, 0.3) is 0 Å². The van der Waals surface area contributed by atoms with Crippen molar-refractivity contribution in [1.29, 1.82) is 0 Å².